The third kappa shape index (κ3) is 3.30. The van der Waals surface area contributed by atoms with Gasteiger partial charge >= 0.3 is 0 Å². The van der Waals surface area contributed by atoms with E-state index in [4.69, 9.17) is 5.73 Å². The van der Waals surface area contributed by atoms with Gasteiger partial charge in [0.25, 0.3) is 0 Å². The van der Waals surface area contributed by atoms with E-state index in [9.17, 15) is 9.90 Å². The van der Waals surface area contributed by atoms with Crippen LogP contribution in [0.2, 0.25) is 0 Å². The molecule has 1 aliphatic heterocycles. The topological polar surface area (TPSA) is 96.8 Å². The molecule has 0 saturated carbocycles. The quantitative estimate of drug-likeness (QED) is 0.703. The summed E-state index contributed by atoms with van der Waals surface area (Å²) in [5.41, 5.74) is 6.59. The number of aromatic nitrogens is 3. The average Bonchev–Trinajstić information content (AvgIpc) is 3.23. The predicted octanol–water partition coefficient (Wildman–Crippen LogP) is 2.35. The standard InChI is InChI=1S/C19H23N5O2S/c1-2-14-21-19-24(22-14)18(26)16(27-19)15(12-6-4-3-5-7-12)23-10-8-13(9-11-23)17(20)25/h3-7,13,15,26H,2,8-11H2,1H3,(H2,20,25). The lowest BCUT2D eigenvalue weighted by Gasteiger charge is -2.36. The van der Waals surface area contributed by atoms with Crippen molar-refractivity contribution in [2.45, 2.75) is 32.2 Å². The molecule has 1 amide bonds. The number of aryl methyl sites for hydroxylation is 1. The molecular weight excluding hydrogens is 362 g/mol. The van der Waals surface area contributed by atoms with E-state index in [-0.39, 0.29) is 23.7 Å². The number of piperidine rings is 1. The Labute approximate surface area is 161 Å². The van der Waals surface area contributed by atoms with E-state index in [1.165, 1.54) is 15.9 Å². The van der Waals surface area contributed by atoms with Gasteiger partial charge in [-0.3, -0.25) is 9.69 Å². The zero-order valence-electron chi connectivity index (χ0n) is 15.2. The Balaban J connectivity index is 1.72. The fraction of sp³-hybridized carbons (Fsp3) is 0.421. The summed E-state index contributed by atoms with van der Waals surface area (Å²) in [5, 5.41) is 15.3. The van der Waals surface area contributed by atoms with Crippen LogP contribution in [0.25, 0.3) is 4.96 Å². The number of primary amides is 1. The van der Waals surface area contributed by atoms with Gasteiger partial charge in [-0.2, -0.15) is 4.52 Å². The van der Waals surface area contributed by atoms with Gasteiger partial charge in [0.2, 0.25) is 16.7 Å². The molecule has 142 valence electrons. The summed E-state index contributed by atoms with van der Waals surface area (Å²) in [7, 11) is 0. The number of rotatable bonds is 5. The monoisotopic (exact) mass is 385 g/mol. The number of nitrogens with zero attached hydrogens (tertiary/aromatic N) is 4. The molecule has 0 spiro atoms. The molecule has 3 N–H and O–H groups in total. The van der Waals surface area contributed by atoms with E-state index in [1.807, 2.05) is 25.1 Å². The van der Waals surface area contributed by atoms with Gasteiger partial charge in [-0.15, -0.1) is 5.10 Å². The molecule has 8 heteroatoms. The van der Waals surface area contributed by atoms with Crippen molar-refractivity contribution in [1.29, 1.82) is 0 Å². The molecule has 1 fully saturated rings. The maximum absolute atomic E-state index is 11.5. The van der Waals surface area contributed by atoms with Crippen LogP contribution in [0.4, 0.5) is 0 Å². The van der Waals surface area contributed by atoms with Crippen molar-refractivity contribution in [1.82, 2.24) is 19.5 Å². The molecule has 1 aromatic carbocycles. The molecule has 4 rings (SSSR count). The zero-order valence-corrected chi connectivity index (χ0v) is 16.0. The van der Waals surface area contributed by atoms with Crippen LogP contribution < -0.4 is 5.73 Å². The number of carbonyl (C=O) groups excluding carboxylic acids is 1. The predicted molar refractivity (Wildman–Crippen MR) is 104 cm³/mol. The van der Waals surface area contributed by atoms with E-state index in [2.05, 4.69) is 27.1 Å². The Morgan fingerprint density at radius 3 is 2.63 bits per heavy atom. The minimum atomic E-state index is -0.223. The van der Waals surface area contributed by atoms with Gasteiger partial charge < -0.3 is 10.8 Å². The van der Waals surface area contributed by atoms with Crippen molar-refractivity contribution in [2.75, 3.05) is 13.1 Å². The zero-order chi connectivity index (χ0) is 19.0. The highest BCUT2D eigenvalue weighted by Crippen LogP contribution is 2.41. The van der Waals surface area contributed by atoms with Gasteiger partial charge in [0.05, 0.1) is 10.9 Å². The van der Waals surface area contributed by atoms with Crippen molar-refractivity contribution in [3.63, 3.8) is 0 Å². The number of nitrogens with two attached hydrogens (primary N) is 1. The van der Waals surface area contributed by atoms with Crippen LogP contribution in [-0.4, -0.2) is 43.6 Å². The number of hydrogen-bond acceptors (Lipinski definition) is 6. The number of fused-ring (bicyclic) bond motifs is 1. The van der Waals surface area contributed by atoms with Crippen LogP contribution in [0.15, 0.2) is 30.3 Å². The van der Waals surface area contributed by atoms with Gasteiger partial charge in [0.1, 0.15) is 0 Å². The molecule has 0 aliphatic carbocycles. The lowest BCUT2D eigenvalue weighted by atomic mass is 9.93. The summed E-state index contributed by atoms with van der Waals surface area (Å²) in [6, 6.07) is 10.0. The second-order valence-corrected chi connectivity index (χ2v) is 7.90. The fourth-order valence-electron chi connectivity index (χ4n) is 3.72. The first kappa shape index (κ1) is 17.9. The summed E-state index contributed by atoms with van der Waals surface area (Å²) in [5.74, 6) is 0.579. The molecule has 27 heavy (non-hydrogen) atoms. The van der Waals surface area contributed by atoms with Crippen LogP contribution in [-0.2, 0) is 11.2 Å². The van der Waals surface area contributed by atoms with Crippen molar-refractivity contribution in [3.8, 4) is 5.88 Å². The van der Waals surface area contributed by atoms with Crippen molar-refractivity contribution < 1.29 is 9.90 Å². The fourth-order valence-corrected chi connectivity index (χ4v) is 4.86. The largest absolute Gasteiger partial charge is 0.492 e. The molecule has 7 nitrogen and oxygen atoms in total. The Bertz CT molecular complexity index is 944. The maximum atomic E-state index is 11.5. The maximum Gasteiger partial charge on any atom is 0.230 e. The molecular formula is C19H23N5O2S. The first-order chi connectivity index (χ1) is 13.1. The lowest BCUT2D eigenvalue weighted by Crippen LogP contribution is -2.40. The Morgan fingerprint density at radius 2 is 2.04 bits per heavy atom. The third-order valence-corrected chi connectivity index (χ3v) is 6.29. The van der Waals surface area contributed by atoms with Crippen LogP contribution in [0.3, 0.4) is 0 Å². The molecule has 1 aliphatic rings. The normalized spacial score (nSPS) is 17.4. The summed E-state index contributed by atoms with van der Waals surface area (Å²) < 4.78 is 1.53. The number of hydrogen-bond donors (Lipinski definition) is 2. The van der Waals surface area contributed by atoms with Crippen LogP contribution in [0.5, 0.6) is 5.88 Å². The molecule has 0 radical (unpaired) electrons. The molecule has 1 saturated heterocycles. The molecule has 2 aromatic heterocycles. The van der Waals surface area contributed by atoms with Crippen molar-refractivity contribution in [3.05, 3.63) is 46.6 Å². The Kier molecular flexibility index (Phi) is 4.84. The summed E-state index contributed by atoms with van der Waals surface area (Å²) in [6.07, 6.45) is 2.20. The number of aromatic hydroxyl groups is 1. The minimum Gasteiger partial charge on any atom is -0.492 e. The number of likely N-dealkylation sites (tertiary alicyclic amines) is 1. The second-order valence-electron chi connectivity index (χ2n) is 6.89. The number of benzene rings is 1. The van der Waals surface area contributed by atoms with Crippen LogP contribution >= 0.6 is 11.3 Å². The second kappa shape index (κ2) is 7.28. The van der Waals surface area contributed by atoms with E-state index in [1.54, 1.807) is 0 Å². The highest BCUT2D eigenvalue weighted by atomic mass is 32.1. The number of amides is 1. The Hall–Kier alpha value is -2.45. The van der Waals surface area contributed by atoms with E-state index >= 15 is 0 Å². The first-order valence-electron chi connectivity index (χ1n) is 9.24. The van der Waals surface area contributed by atoms with E-state index in [0.29, 0.717) is 4.96 Å². The molecule has 1 unspecified atom stereocenters. The van der Waals surface area contributed by atoms with Crippen LogP contribution in [0.1, 0.15) is 42.1 Å². The highest BCUT2D eigenvalue weighted by Gasteiger charge is 2.33. The number of carbonyl (C=O) groups is 1. The van der Waals surface area contributed by atoms with Gasteiger partial charge in [-0.25, -0.2) is 4.98 Å². The molecule has 0 bridgehead atoms. The minimum absolute atomic E-state index is 0.0688. The third-order valence-electron chi connectivity index (χ3n) is 5.22. The van der Waals surface area contributed by atoms with Gasteiger partial charge in [-0.1, -0.05) is 48.6 Å². The summed E-state index contributed by atoms with van der Waals surface area (Å²) in [4.78, 5) is 19.9. The Morgan fingerprint density at radius 1 is 1.33 bits per heavy atom. The van der Waals surface area contributed by atoms with Gasteiger partial charge in [-0.05, 0) is 31.5 Å². The van der Waals surface area contributed by atoms with E-state index < -0.39 is 0 Å². The average molecular weight is 385 g/mol. The van der Waals surface area contributed by atoms with E-state index in [0.717, 1.165) is 48.6 Å². The van der Waals surface area contributed by atoms with Crippen LogP contribution in [0, 0.1) is 5.92 Å². The molecule has 3 heterocycles. The molecule has 3 aromatic rings. The first-order valence-corrected chi connectivity index (χ1v) is 10.1. The van der Waals surface area contributed by atoms with Gasteiger partial charge in [0, 0.05) is 12.3 Å². The lowest BCUT2D eigenvalue weighted by molar-refractivity contribution is -0.123. The number of thiazole rings is 1. The van der Waals surface area contributed by atoms with Crippen molar-refractivity contribution in [2.24, 2.45) is 11.7 Å². The summed E-state index contributed by atoms with van der Waals surface area (Å²) >= 11 is 1.47. The van der Waals surface area contributed by atoms with Gasteiger partial charge in [0.15, 0.2) is 5.82 Å². The SMILES string of the molecule is CCc1nc2sc(C(c3ccccc3)N3CCC(C(N)=O)CC3)c(O)n2n1. The summed E-state index contributed by atoms with van der Waals surface area (Å²) in [6.45, 7) is 3.49. The van der Waals surface area contributed by atoms with Crippen molar-refractivity contribution >= 4 is 22.2 Å². The smallest absolute Gasteiger partial charge is 0.230 e. The molecule has 1 atom stereocenters. The highest BCUT2D eigenvalue weighted by molar-refractivity contribution is 7.17.